The van der Waals surface area contributed by atoms with E-state index in [9.17, 15) is 14.2 Å². The number of carbonyl (C=O) groups is 2. The van der Waals surface area contributed by atoms with E-state index in [0.717, 1.165) is 12.2 Å². The third-order valence-electron chi connectivity index (χ3n) is 3.68. The van der Waals surface area contributed by atoms with Gasteiger partial charge in [-0.1, -0.05) is 37.4 Å². The number of hydrogen-bond donors (Lipinski definition) is 0. The molecule has 30 heavy (non-hydrogen) atoms. The topological polar surface area (TPSA) is 88.1 Å². The summed E-state index contributed by atoms with van der Waals surface area (Å²) in [4.78, 5) is 23.9. The Bertz CT molecular complexity index is 1010. The maximum absolute atomic E-state index is 13.9. The number of fused-ring (bicyclic) bond motifs is 1. The highest BCUT2D eigenvalue weighted by Crippen LogP contribution is 2.53. The first-order chi connectivity index (χ1) is 14.1. The fraction of sp³-hybridized carbons (Fsp3) is 0.273. The molecule has 160 valence electrons. The fourth-order valence-electron chi connectivity index (χ4n) is 2.68. The van der Waals surface area contributed by atoms with Gasteiger partial charge < -0.3 is 18.5 Å². The van der Waals surface area contributed by atoms with Crippen molar-refractivity contribution in [2.45, 2.75) is 39.9 Å². The zero-order chi connectivity index (χ0) is 22.5. The molecule has 0 aromatic heterocycles. The molecule has 0 fully saturated rings. The third kappa shape index (κ3) is 5.45. The molecule has 0 unspecified atom stereocenters. The van der Waals surface area contributed by atoms with E-state index in [1.165, 1.54) is 6.07 Å². The molecule has 2 aromatic rings. The SMILES string of the molecule is C=CC(=O)Oc1cc(P(=O)(OC(C)C)OC(C)C)c(OC(=O)C=C)c2ccccc12. The van der Waals surface area contributed by atoms with Crippen LogP contribution >= 0.6 is 7.60 Å². The first-order valence-corrected chi connectivity index (χ1v) is 10.9. The molecule has 0 saturated carbocycles. The summed E-state index contributed by atoms with van der Waals surface area (Å²) in [6.07, 6.45) is 1.06. The third-order valence-corrected chi connectivity index (χ3v) is 6.00. The van der Waals surface area contributed by atoms with Crippen LogP contribution in [0.15, 0.2) is 55.6 Å². The Kier molecular flexibility index (Phi) is 7.73. The van der Waals surface area contributed by atoms with Crippen LogP contribution in [0.5, 0.6) is 11.5 Å². The quantitative estimate of drug-likeness (QED) is 0.246. The predicted octanol–water partition coefficient (Wildman–Crippen LogP) is 4.69. The van der Waals surface area contributed by atoms with Crippen molar-refractivity contribution in [2.75, 3.05) is 0 Å². The standard InChI is InChI=1S/C22H25O7P/c1-7-20(23)26-18-13-19(30(25,28-14(3)4)29-15(5)6)22(27-21(24)8-2)17-12-10-9-11-16(17)18/h7-15H,1-2H2,3-6H3. The van der Waals surface area contributed by atoms with Gasteiger partial charge in [-0.3, -0.25) is 4.57 Å². The molecule has 0 N–H and O–H groups in total. The molecule has 7 nitrogen and oxygen atoms in total. The molecule has 0 atom stereocenters. The molecule has 0 aliphatic carbocycles. The zero-order valence-corrected chi connectivity index (χ0v) is 18.3. The van der Waals surface area contributed by atoms with Crippen LogP contribution in [0.1, 0.15) is 27.7 Å². The minimum absolute atomic E-state index is 0.0152. The van der Waals surface area contributed by atoms with Crippen LogP contribution in [0, 0.1) is 0 Å². The summed E-state index contributed by atoms with van der Waals surface area (Å²) in [5.74, 6) is -1.37. The largest absolute Gasteiger partial charge is 0.423 e. The molecular formula is C22H25O7P. The Morgan fingerprint density at radius 3 is 1.90 bits per heavy atom. The number of benzene rings is 2. The molecule has 0 aliphatic rings. The van der Waals surface area contributed by atoms with Crippen LogP contribution in [-0.4, -0.2) is 24.1 Å². The Morgan fingerprint density at radius 2 is 1.40 bits per heavy atom. The van der Waals surface area contributed by atoms with Crippen LogP contribution in [0.3, 0.4) is 0 Å². The Balaban J connectivity index is 2.90. The van der Waals surface area contributed by atoms with Gasteiger partial charge in [0.25, 0.3) is 0 Å². The molecule has 8 heteroatoms. The molecule has 0 amide bonds. The summed E-state index contributed by atoms with van der Waals surface area (Å²) in [5.41, 5.74) is 0. The van der Waals surface area contributed by atoms with Crippen molar-refractivity contribution in [3.8, 4) is 11.5 Å². The van der Waals surface area contributed by atoms with Gasteiger partial charge in [-0.2, -0.15) is 0 Å². The predicted molar refractivity (Wildman–Crippen MR) is 115 cm³/mol. The van der Waals surface area contributed by atoms with Crippen molar-refractivity contribution in [3.05, 3.63) is 55.6 Å². The van der Waals surface area contributed by atoms with Gasteiger partial charge >= 0.3 is 19.5 Å². The van der Waals surface area contributed by atoms with Crippen LogP contribution in [-0.2, 0) is 23.2 Å². The molecule has 0 saturated heterocycles. The average Bonchev–Trinajstić information content (AvgIpc) is 2.67. The molecule has 0 aliphatic heterocycles. The summed E-state index contributed by atoms with van der Waals surface area (Å²) in [5, 5.41) is 0.812. The lowest BCUT2D eigenvalue weighted by atomic mass is 10.1. The van der Waals surface area contributed by atoms with Crippen LogP contribution < -0.4 is 14.8 Å². The zero-order valence-electron chi connectivity index (χ0n) is 17.4. The van der Waals surface area contributed by atoms with Crippen molar-refractivity contribution in [1.82, 2.24) is 0 Å². The van der Waals surface area contributed by atoms with Crippen molar-refractivity contribution in [2.24, 2.45) is 0 Å². The molecule has 0 spiro atoms. The molecular weight excluding hydrogens is 407 g/mol. The molecule has 0 radical (unpaired) electrons. The summed E-state index contributed by atoms with van der Waals surface area (Å²) < 4.78 is 36.0. The van der Waals surface area contributed by atoms with E-state index in [-0.39, 0.29) is 16.8 Å². The highest BCUT2D eigenvalue weighted by molar-refractivity contribution is 7.62. The van der Waals surface area contributed by atoms with Crippen molar-refractivity contribution < 1.29 is 32.7 Å². The van der Waals surface area contributed by atoms with Gasteiger partial charge in [-0.25, -0.2) is 9.59 Å². The van der Waals surface area contributed by atoms with E-state index < -0.39 is 31.7 Å². The number of carbonyl (C=O) groups excluding carboxylic acids is 2. The lowest BCUT2D eigenvalue weighted by Crippen LogP contribution is -2.21. The first kappa shape index (κ1) is 23.5. The number of ether oxygens (including phenoxy) is 2. The first-order valence-electron chi connectivity index (χ1n) is 9.33. The monoisotopic (exact) mass is 432 g/mol. The van der Waals surface area contributed by atoms with Gasteiger partial charge in [-0.05, 0) is 27.7 Å². The van der Waals surface area contributed by atoms with Crippen LogP contribution in [0.25, 0.3) is 10.8 Å². The summed E-state index contributed by atoms with van der Waals surface area (Å²) in [6.45, 7) is 13.6. The van der Waals surface area contributed by atoms with Gasteiger partial charge in [0, 0.05) is 29.0 Å². The molecule has 2 rings (SSSR count). The van der Waals surface area contributed by atoms with E-state index in [1.807, 2.05) is 0 Å². The van der Waals surface area contributed by atoms with Gasteiger partial charge in [0.2, 0.25) is 0 Å². The summed E-state index contributed by atoms with van der Waals surface area (Å²) in [7, 11) is -4.00. The van der Waals surface area contributed by atoms with Crippen molar-refractivity contribution in [1.29, 1.82) is 0 Å². The van der Waals surface area contributed by atoms with Gasteiger partial charge in [0.15, 0.2) is 5.75 Å². The number of hydrogen-bond acceptors (Lipinski definition) is 7. The van der Waals surface area contributed by atoms with E-state index >= 15 is 0 Å². The highest BCUT2D eigenvalue weighted by atomic mass is 31.2. The lowest BCUT2D eigenvalue weighted by Gasteiger charge is -2.25. The smallest absolute Gasteiger partial charge is 0.365 e. The Morgan fingerprint density at radius 1 is 0.900 bits per heavy atom. The van der Waals surface area contributed by atoms with E-state index in [2.05, 4.69) is 13.2 Å². The summed E-state index contributed by atoms with van der Waals surface area (Å²) >= 11 is 0. The van der Waals surface area contributed by atoms with Crippen LogP contribution in [0.2, 0.25) is 0 Å². The molecule has 2 aromatic carbocycles. The minimum Gasteiger partial charge on any atom is -0.423 e. The second-order valence-electron chi connectivity index (χ2n) is 6.82. The normalized spacial score (nSPS) is 11.5. The maximum Gasteiger partial charge on any atom is 0.365 e. The minimum atomic E-state index is -4.00. The second-order valence-corrected chi connectivity index (χ2v) is 8.72. The van der Waals surface area contributed by atoms with E-state index in [1.54, 1.807) is 52.0 Å². The van der Waals surface area contributed by atoms with E-state index in [0.29, 0.717) is 10.8 Å². The maximum atomic E-state index is 13.9. The van der Waals surface area contributed by atoms with Gasteiger partial charge in [0.1, 0.15) is 11.1 Å². The number of rotatable bonds is 9. The highest BCUT2D eigenvalue weighted by Gasteiger charge is 2.36. The number of esters is 2. The van der Waals surface area contributed by atoms with Crippen molar-refractivity contribution in [3.63, 3.8) is 0 Å². The molecule has 0 bridgehead atoms. The Labute approximate surface area is 175 Å². The second kappa shape index (κ2) is 9.85. The van der Waals surface area contributed by atoms with Crippen LogP contribution in [0.4, 0.5) is 0 Å². The Hall–Kier alpha value is -2.73. The summed E-state index contributed by atoms with van der Waals surface area (Å²) in [6, 6.07) is 8.08. The van der Waals surface area contributed by atoms with Gasteiger partial charge in [-0.15, -0.1) is 0 Å². The molecule has 0 heterocycles. The van der Waals surface area contributed by atoms with E-state index in [4.69, 9.17) is 18.5 Å². The lowest BCUT2D eigenvalue weighted by molar-refractivity contribution is -0.129. The van der Waals surface area contributed by atoms with Gasteiger partial charge in [0.05, 0.1) is 12.2 Å². The average molecular weight is 432 g/mol. The fourth-order valence-corrected chi connectivity index (χ4v) is 4.76. The van der Waals surface area contributed by atoms with Crippen molar-refractivity contribution >= 4 is 35.6 Å².